The first kappa shape index (κ1) is 13.9. The lowest BCUT2D eigenvalue weighted by atomic mass is 9.53. The van der Waals surface area contributed by atoms with Crippen LogP contribution in [0, 0.1) is 17.8 Å². The maximum atomic E-state index is 12.4. The molecule has 0 saturated heterocycles. The Morgan fingerprint density at radius 1 is 0.905 bits per heavy atom. The van der Waals surface area contributed by atoms with Crippen LogP contribution in [0.2, 0.25) is 0 Å². The van der Waals surface area contributed by atoms with Crippen molar-refractivity contribution in [2.45, 2.75) is 81.8 Å². The fourth-order valence-corrected chi connectivity index (χ4v) is 5.99. The van der Waals surface area contributed by atoms with Crippen LogP contribution in [0.3, 0.4) is 0 Å². The number of rotatable bonds is 2. The molecule has 0 aromatic carbocycles. The van der Waals surface area contributed by atoms with E-state index in [0.717, 1.165) is 43.4 Å². The number of hydrogen-bond acceptors (Lipinski definition) is 2. The van der Waals surface area contributed by atoms with E-state index >= 15 is 0 Å². The summed E-state index contributed by atoms with van der Waals surface area (Å²) in [4.78, 5) is 12.4. The zero-order chi connectivity index (χ0) is 14.4. The molecule has 0 heterocycles. The average molecular weight is 291 g/mol. The number of amides is 2. The molecule has 5 rings (SSSR count). The van der Waals surface area contributed by atoms with Crippen molar-refractivity contribution in [2.75, 3.05) is 0 Å². The molecule has 0 unspecified atom stereocenters. The SMILES string of the molecule is NC1CCC(NC(=O)NC23CC4CC(CC(C4)C2)C3)CC1. The summed E-state index contributed by atoms with van der Waals surface area (Å²) in [5, 5.41) is 6.61. The van der Waals surface area contributed by atoms with Gasteiger partial charge in [0.2, 0.25) is 0 Å². The highest BCUT2D eigenvalue weighted by atomic mass is 16.2. The Bertz CT molecular complexity index is 379. The number of carbonyl (C=O) groups is 1. The van der Waals surface area contributed by atoms with E-state index in [1.54, 1.807) is 0 Å². The van der Waals surface area contributed by atoms with E-state index in [1.165, 1.54) is 38.5 Å². The van der Waals surface area contributed by atoms with Crippen molar-refractivity contribution in [1.29, 1.82) is 0 Å². The van der Waals surface area contributed by atoms with Crippen LogP contribution in [0.4, 0.5) is 4.79 Å². The highest BCUT2D eigenvalue weighted by Gasteiger charge is 2.51. The van der Waals surface area contributed by atoms with E-state index in [2.05, 4.69) is 10.6 Å². The number of hydrogen-bond donors (Lipinski definition) is 3. The van der Waals surface area contributed by atoms with Gasteiger partial charge in [-0.1, -0.05) is 0 Å². The molecule has 0 spiro atoms. The third-order valence-corrected chi connectivity index (χ3v) is 6.52. The molecular weight excluding hydrogens is 262 g/mol. The number of nitrogens with one attached hydrogen (secondary N) is 2. The molecule has 0 aromatic heterocycles. The van der Waals surface area contributed by atoms with Gasteiger partial charge in [-0.3, -0.25) is 0 Å². The predicted molar refractivity (Wildman–Crippen MR) is 82.8 cm³/mol. The third-order valence-electron chi connectivity index (χ3n) is 6.52. The molecule has 0 radical (unpaired) electrons. The van der Waals surface area contributed by atoms with Crippen molar-refractivity contribution in [2.24, 2.45) is 23.5 Å². The summed E-state index contributed by atoms with van der Waals surface area (Å²) in [5.41, 5.74) is 6.06. The van der Waals surface area contributed by atoms with Crippen molar-refractivity contribution >= 4 is 6.03 Å². The lowest BCUT2D eigenvalue weighted by Gasteiger charge is -2.56. The van der Waals surface area contributed by atoms with Gasteiger partial charge in [0.05, 0.1) is 0 Å². The summed E-state index contributed by atoms with van der Waals surface area (Å²) in [6.07, 6.45) is 12.1. The maximum Gasteiger partial charge on any atom is 0.315 e. The van der Waals surface area contributed by atoms with Crippen LogP contribution in [-0.4, -0.2) is 23.7 Å². The average Bonchev–Trinajstić information content (AvgIpc) is 2.39. The Balaban J connectivity index is 1.34. The standard InChI is InChI=1S/C17H29N3O/c18-14-1-3-15(4-2-14)19-16(21)20-17-8-11-5-12(9-17)7-13(6-11)10-17/h11-15H,1-10,18H2,(H2,19,20,21). The van der Waals surface area contributed by atoms with Crippen molar-refractivity contribution in [3.8, 4) is 0 Å². The van der Waals surface area contributed by atoms with Gasteiger partial charge in [0.1, 0.15) is 0 Å². The van der Waals surface area contributed by atoms with E-state index in [1.807, 2.05) is 0 Å². The summed E-state index contributed by atoms with van der Waals surface area (Å²) >= 11 is 0. The Labute approximate surface area is 127 Å². The molecule has 5 aliphatic rings. The molecule has 0 atom stereocenters. The normalized spacial score (nSPS) is 48.1. The summed E-state index contributed by atoms with van der Waals surface area (Å²) in [5.74, 6) is 2.64. The van der Waals surface area contributed by atoms with Crippen molar-refractivity contribution < 1.29 is 4.79 Å². The zero-order valence-corrected chi connectivity index (χ0v) is 12.9. The molecule has 21 heavy (non-hydrogen) atoms. The van der Waals surface area contributed by atoms with Gasteiger partial charge in [-0.25, -0.2) is 4.79 Å². The fraction of sp³-hybridized carbons (Fsp3) is 0.941. The molecular formula is C17H29N3O. The second-order valence-corrected chi connectivity index (χ2v) is 8.41. The van der Waals surface area contributed by atoms with E-state index in [-0.39, 0.29) is 11.6 Å². The lowest BCUT2D eigenvalue weighted by Crippen LogP contribution is -2.62. The van der Waals surface area contributed by atoms with Crippen LogP contribution < -0.4 is 16.4 Å². The van der Waals surface area contributed by atoms with Crippen LogP contribution in [0.5, 0.6) is 0 Å². The largest absolute Gasteiger partial charge is 0.335 e. The Hall–Kier alpha value is -0.770. The number of urea groups is 1. The maximum absolute atomic E-state index is 12.4. The highest BCUT2D eigenvalue weighted by molar-refractivity contribution is 5.75. The molecule has 4 heteroatoms. The first-order valence-electron chi connectivity index (χ1n) is 8.94. The van der Waals surface area contributed by atoms with Crippen LogP contribution in [-0.2, 0) is 0 Å². The second-order valence-electron chi connectivity index (χ2n) is 8.41. The molecule has 5 fully saturated rings. The smallest absolute Gasteiger partial charge is 0.315 e. The number of nitrogens with two attached hydrogens (primary N) is 1. The van der Waals surface area contributed by atoms with E-state index in [0.29, 0.717) is 12.1 Å². The van der Waals surface area contributed by atoms with Crippen LogP contribution >= 0.6 is 0 Å². The van der Waals surface area contributed by atoms with Gasteiger partial charge in [-0.05, 0) is 82.0 Å². The van der Waals surface area contributed by atoms with E-state index in [9.17, 15) is 4.79 Å². The highest BCUT2D eigenvalue weighted by Crippen LogP contribution is 2.55. The van der Waals surface area contributed by atoms with Crippen molar-refractivity contribution in [1.82, 2.24) is 10.6 Å². The van der Waals surface area contributed by atoms with E-state index in [4.69, 9.17) is 5.73 Å². The monoisotopic (exact) mass is 291 g/mol. The summed E-state index contributed by atoms with van der Waals surface area (Å²) in [7, 11) is 0. The molecule has 5 saturated carbocycles. The predicted octanol–water partition coefficient (Wildman–Crippen LogP) is 2.52. The summed E-state index contributed by atoms with van der Waals surface area (Å²) in [6.45, 7) is 0. The molecule has 2 amide bonds. The van der Waals surface area contributed by atoms with Crippen LogP contribution in [0.15, 0.2) is 0 Å². The van der Waals surface area contributed by atoms with Gasteiger partial charge in [0.25, 0.3) is 0 Å². The van der Waals surface area contributed by atoms with Crippen molar-refractivity contribution in [3.63, 3.8) is 0 Å². The lowest BCUT2D eigenvalue weighted by molar-refractivity contribution is -0.0137. The first-order valence-corrected chi connectivity index (χ1v) is 8.94. The minimum Gasteiger partial charge on any atom is -0.335 e. The van der Waals surface area contributed by atoms with Gasteiger partial charge in [-0.15, -0.1) is 0 Å². The molecule has 0 aliphatic heterocycles. The van der Waals surface area contributed by atoms with Gasteiger partial charge in [-0.2, -0.15) is 0 Å². The van der Waals surface area contributed by atoms with E-state index < -0.39 is 0 Å². The molecule has 118 valence electrons. The molecule has 4 bridgehead atoms. The first-order chi connectivity index (χ1) is 10.1. The Kier molecular flexibility index (Phi) is 3.40. The third kappa shape index (κ3) is 2.79. The van der Waals surface area contributed by atoms with Crippen LogP contribution in [0.1, 0.15) is 64.2 Å². The second kappa shape index (κ2) is 5.15. The zero-order valence-electron chi connectivity index (χ0n) is 12.9. The fourth-order valence-electron chi connectivity index (χ4n) is 5.99. The Morgan fingerprint density at radius 2 is 1.43 bits per heavy atom. The van der Waals surface area contributed by atoms with Crippen molar-refractivity contribution in [3.05, 3.63) is 0 Å². The summed E-state index contributed by atoms with van der Waals surface area (Å²) < 4.78 is 0. The Morgan fingerprint density at radius 3 is 1.95 bits per heavy atom. The minimum atomic E-state index is 0.0809. The summed E-state index contributed by atoms with van der Waals surface area (Å²) in [6, 6.07) is 0.755. The van der Waals surface area contributed by atoms with Crippen LogP contribution in [0.25, 0.3) is 0 Å². The topological polar surface area (TPSA) is 67.1 Å². The molecule has 5 aliphatic carbocycles. The quantitative estimate of drug-likeness (QED) is 0.732. The van der Waals surface area contributed by atoms with Gasteiger partial charge < -0.3 is 16.4 Å². The molecule has 4 nitrogen and oxygen atoms in total. The number of carbonyl (C=O) groups excluding carboxylic acids is 1. The van der Waals surface area contributed by atoms with Gasteiger partial charge in [0, 0.05) is 17.6 Å². The van der Waals surface area contributed by atoms with Gasteiger partial charge >= 0.3 is 6.03 Å². The minimum absolute atomic E-state index is 0.0809. The van der Waals surface area contributed by atoms with Gasteiger partial charge in [0.15, 0.2) is 0 Å². The molecule has 4 N–H and O–H groups in total. The molecule has 0 aromatic rings.